The Labute approximate surface area is 133 Å². The summed E-state index contributed by atoms with van der Waals surface area (Å²) in [4.78, 5) is 5.97. The molecule has 0 amide bonds. The summed E-state index contributed by atoms with van der Waals surface area (Å²) >= 11 is 1.73. The van der Waals surface area contributed by atoms with Gasteiger partial charge in [-0.25, -0.2) is 4.98 Å². The molecule has 110 valence electrons. The van der Waals surface area contributed by atoms with Crippen molar-refractivity contribution < 1.29 is 4.74 Å². The van der Waals surface area contributed by atoms with Crippen molar-refractivity contribution in [2.75, 3.05) is 12.4 Å². The van der Waals surface area contributed by atoms with Crippen LogP contribution in [0.5, 0.6) is 11.5 Å². The second-order valence-corrected chi connectivity index (χ2v) is 6.54. The molecule has 0 aliphatic heterocycles. The van der Waals surface area contributed by atoms with E-state index in [1.807, 2.05) is 25.2 Å². The van der Waals surface area contributed by atoms with Crippen LogP contribution in [0, 0.1) is 6.92 Å². The number of aromatic nitrogens is 1. The lowest BCUT2D eigenvalue weighted by molar-refractivity contribution is 0.482. The van der Waals surface area contributed by atoms with Crippen LogP contribution in [0.2, 0.25) is 0 Å². The van der Waals surface area contributed by atoms with Gasteiger partial charge in [-0.1, -0.05) is 17.7 Å². The summed E-state index contributed by atoms with van der Waals surface area (Å²) in [6, 6.07) is 14.4. The first-order valence-electron chi connectivity index (χ1n) is 7.28. The predicted octanol–water partition coefficient (Wildman–Crippen LogP) is 4.86. The Bertz CT molecular complexity index is 837. The summed E-state index contributed by atoms with van der Waals surface area (Å²) in [5.41, 5.74) is 4.87. The third-order valence-corrected chi connectivity index (χ3v) is 4.92. The molecule has 0 unspecified atom stereocenters. The summed E-state index contributed by atoms with van der Waals surface area (Å²) in [6.07, 6.45) is 0.940. The molecular formula is C18H16N2OS. The molecule has 0 radical (unpaired) electrons. The number of nitrogens with one attached hydrogen (secondary N) is 1. The number of thiazole rings is 1. The fourth-order valence-corrected chi connectivity index (χ4v) is 3.67. The van der Waals surface area contributed by atoms with Crippen LogP contribution in [0.15, 0.2) is 42.5 Å². The minimum atomic E-state index is 0.869. The van der Waals surface area contributed by atoms with Crippen molar-refractivity contribution in [2.24, 2.45) is 0 Å². The number of ether oxygens (including phenoxy) is 1. The maximum atomic E-state index is 5.95. The maximum Gasteiger partial charge on any atom is 0.183 e. The lowest BCUT2D eigenvalue weighted by atomic mass is 10.1. The van der Waals surface area contributed by atoms with Gasteiger partial charge < -0.3 is 10.1 Å². The molecular weight excluding hydrogens is 292 g/mol. The Hall–Kier alpha value is -2.33. The zero-order valence-electron chi connectivity index (χ0n) is 12.5. The number of fused-ring (bicyclic) bond motifs is 3. The van der Waals surface area contributed by atoms with Crippen LogP contribution in [0.25, 0.3) is 11.3 Å². The molecule has 1 aliphatic carbocycles. The van der Waals surface area contributed by atoms with Crippen LogP contribution in [0.4, 0.5) is 5.13 Å². The van der Waals surface area contributed by atoms with Crippen molar-refractivity contribution in [1.82, 2.24) is 4.98 Å². The van der Waals surface area contributed by atoms with Gasteiger partial charge in [0.2, 0.25) is 0 Å². The van der Waals surface area contributed by atoms with E-state index in [1.165, 1.54) is 21.6 Å². The fourth-order valence-electron chi connectivity index (χ4n) is 2.72. The molecule has 1 aromatic heterocycles. The lowest BCUT2D eigenvalue weighted by Crippen LogP contribution is -1.89. The van der Waals surface area contributed by atoms with Crippen molar-refractivity contribution >= 4 is 16.5 Å². The highest BCUT2D eigenvalue weighted by Crippen LogP contribution is 2.42. The van der Waals surface area contributed by atoms with Crippen LogP contribution in [-0.4, -0.2) is 12.0 Å². The first-order valence-corrected chi connectivity index (χ1v) is 8.10. The monoisotopic (exact) mass is 308 g/mol. The second-order valence-electron chi connectivity index (χ2n) is 5.45. The van der Waals surface area contributed by atoms with Crippen LogP contribution in [0.1, 0.15) is 16.0 Å². The van der Waals surface area contributed by atoms with Gasteiger partial charge >= 0.3 is 0 Å². The SMILES string of the molecule is CNc1nc2c(s1)Cc1cc(Oc3ccc(C)cc3)ccc1-2. The zero-order valence-corrected chi connectivity index (χ0v) is 13.3. The molecule has 0 fully saturated rings. The number of hydrogen-bond donors (Lipinski definition) is 1. The van der Waals surface area contributed by atoms with E-state index in [-0.39, 0.29) is 0 Å². The van der Waals surface area contributed by atoms with Gasteiger partial charge in [-0.05, 0) is 42.8 Å². The van der Waals surface area contributed by atoms with Crippen LogP contribution < -0.4 is 10.1 Å². The molecule has 0 saturated carbocycles. The van der Waals surface area contributed by atoms with Crippen LogP contribution in [-0.2, 0) is 6.42 Å². The van der Waals surface area contributed by atoms with Crippen molar-refractivity contribution in [3.05, 3.63) is 58.5 Å². The number of aryl methyl sites for hydroxylation is 1. The molecule has 3 aromatic rings. The Kier molecular flexibility index (Phi) is 3.12. The van der Waals surface area contributed by atoms with Gasteiger partial charge in [0.15, 0.2) is 5.13 Å². The van der Waals surface area contributed by atoms with Gasteiger partial charge in [0.05, 0.1) is 5.69 Å². The van der Waals surface area contributed by atoms with Crippen molar-refractivity contribution in [1.29, 1.82) is 0 Å². The second kappa shape index (κ2) is 5.14. The standard InChI is InChI=1S/C18H16N2OS/c1-11-3-5-13(6-4-11)21-14-7-8-15-12(9-14)10-16-17(15)20-18(19-2)22-16/h3-9H,10H2,1-2H3,(H,19,20). The van der Waals surface area contributed by atoms with Crippen LogP contribution in [0.3, 0.4) is 0 Å². The van der Waals surface area contributed by atoms with E-state index < -0.39 is 0 Å². The predicted molar refractivity (Wildman–Crippen MR) is 91.2 cm³/mol. The number of hydrogen-bond acceptors (Lipinski definition) is 4. The third kappa shape index (κ3) is 2.25. The van der Waals surface area contributed by atoms with Crippen molar-refractivity contribution in [2.45, 2.75) is 13.3 Å². The van der Waals surface area contributed by atoms with E-state index in [2.05, 4.69) is 41.5 Å². The largest absolute Gasteiger partial charge is 0.457 e. The van der Waals surface area contributed by atoms with E-state index in [9.17, 15) is 0 Å². The highest BCUT2D eigenvalue weighted by atomic mass is 32.1. The van der Waals surface area contributed by atoms with Gasteiger partial charge in [0.25, 0.3) is 0 Å². The van der Waals surface area contributed by atoms with Crippen molar-refractivity contribution in [3.63, 3.8) is 0 Å². The molecule has 0 atom stereocenters. The Balaban J connectivity index is 1.62. The Morgan fingerprint density at radius 2 is 1.86 bits per heavy atom. The van der Waals surface area contributed by atoms with Crippen molar-refractivity contribution in [3.8, 4) is 22.8 Å². The Morgan fingerprint density at radius 1 is 1.09 bits per heavy atom. The summed E-state index contributed by atoms with van der Waals surface area (Å²) in [6.45, 7) is 2.07. The molecule has 4 rings (SSSR count). The maximum absolute atomic E-state index is 5.95. The summed E-state index contributed by atoms with van der Waals surface area (Å²) in [7, 11) is 1.91. The van der Waals surface area contributed by atoms with Gasteiger partial charge in [-0.15, -0.1) is 11.3 Å². The topological polar surface area (TPSA) is 34.2 Å². The van der Waals surface area contributed by atoms with E-state index in [0.717, 1.165) is 28.7 Å². The quantitative estimate of drug-likeness (QED) is 0.587. The molecule has 4 heteroatoms. The van der Waals surface area contributed by atoms with E-state index in [1.54, 1.807) is 11.3 Å². The van der Waals surface area contributed by atoms with Gasteiger partial charge in [0, 0.05) is 23.9 Å². The fraction of sp³-hybridized carbons (Fsp3) is 0.167. The summed E-state index contributed by atoms with van der Waals surface area (Å²) < 4.78 is 5.95. The molecule has 2 aromatic carbocycles. The minimum absolute atomic E-state index is 0.869. The lowest BCUT2D eigenvalue weighted by Gasteiger charge is -2.08. The summed E-state index contributed by atoms with van der Waals surface area (Å²) in [5.74, 6) is 1.75. The number of anilines is 1. The summed E-state index contributed by atoms with van der Waals surface area (Å²) in [5, 5.41) is 4.10. The average Bonchev–Trinajstić information content (AvgIpc) is 3.06. The van der Waals surface area contributed by atoms with E-state index in [0.29, 0.717) is 0 Å². The van der Waals surface area contributed by atoms with Gasteiger partial charge in [0.1, 0.15) is 11.5 Å². The zero-order chi connectivity index (χ0) is 15.1. The Morgan fingerprint density at radius 3 is 2.64 bits per heavy atom. The number of benzene rings is 2. The normalized spacial score (nSPS) is 11.9. The van der Waals surface area contributed by atoms with E-state index in [4.69, 9.17) is 4.74 Å². The molecule has 1 N–H and O–H groups in total. The molecule has 1 aliphatic rings. The average molecular weight is 308 g/mol. The minimum Gasteiger partial charge on any atom is -0.457 e. The highest BCUT2D eigenvalue weighted by molar-refractivity contribution is 7.16. The van der Waals surface area contributed by atoms with Gasteiger partial charge in [-0.3, -0.25) is 0 Å². The smallest absolute Gasteiger partial charge is 0.183 e. The molecule has 22 heavy (non-hydrogen) atoms. The third-order valence-electron chi connectivity index (χ3n) is 3.85. The number of nitrogens with zero attached hydrogens (tertiary/aromatic N) is 1. The highest BCUT2D eigenvalue weighted by Gasteiger charge is 2.23. The molecule has 3 nitrogen and oxygen atoms in total. The first-order chi connectivity index (χ1) is 10.7. The molecule has 0 bridgehead atoms. The van der Waals surface area contributed by atoms with Crippen LogP contribution >= 0.6 is 11.3 Å². The van der Waals surface area contributed by atoms with E-state index >= 15 is 0 Å². The molecule has 0 saturated heterocycles. The number of rotatable bonds is 3. The van der Waals surface area contributed by atoms with Gasteiger partial charge in [-0.2, -0.15) is 0 Å². The molecule has 0 spiro atoms. The molecule has 1 heterocycles. The first kappa shape index (κ1) is 13.3.